The van der Waals surface area contributed by atoms with E-state index in [4.69, 9.17) is 5.73 Å². The molecule has 0 unspecified atom stereocenters. The highest BCUT2D eigenvalue weighted by atomic mass is 16.2. The third kappa shape index (κ3) is 7.25. The molecule has 0 aromatic heterocycles. The van der Waals surface area contributed by atoms with Crippen LogP contribution in [-0.4, -0.2) is 43.0 Å². The summed E-state index contributed by atoms with van der Waals surface area (Å²) in [4.78, 5) is 14.4. The second-order valence-corrected chi connectivity index (χ2v) is 6.46. The van der Waals surface area contributed by atoms with Crippen LogP contribution in [0.4, 0.5) is 0 Å². The van der Waals surface area contributed by atoms with E-state index in [1.807, 2.05) is 0 Å². The van der Waals surface area contributed by atoms with E-state index in [0.717, 1.165) is 19.5 Å². The molecule has 0 aliphatic heterocycles. The first-order valence-electron chi connectivity index (χ1n) is 8.34. The first kappa shape index (κ1) is 17.4. The molecule has 3 N–H and O–H groups in total. The molecule has 1 aliphatic carbocycles. The standard InChI is InChI=1S/C16H33N3O/c1-14(2)12-18-16(20)13-19(11-7-10-17)15-8-5-3-4-6-9-15/h14-15H,3-13,17H2,1-2H3,(H,18,20). The fourth-order valence-electron chi connectivity index (χ4n) is 2.87. The number of carbonyl (C=O) groups is 1. The number of hydrogen-bond acceptors (Lipinski definition) is 3. The fourth-order valence-corrected chi connectivity index (χ4v) is 2.87. The van der Waals surface area contributed by atoms with Crippen molar-refractivity contribution in [3.63, 3.8) is 0 Å². The summed E-state index contributed by atoms with van der Waals surface area (Å²) >= 11 is 0. The Labute approximate surface area is 124 Å². The van der Waals surface area contributed by atoms with Crippen molar-refractivity contribution in [3.05, 3.63) is 0 Å². The van der Waals surface area contributed by atoms with Gasteiger partial charge in [0.2, 0.25) is 5.91 Å². The Kier molecular flexibility index (Phi) is 8.86. The summed E-state index contributed by atoms with van der Waals surface area (Å²) in [6.45, 7) is 7.22. The largest absolute Gasteiger partial charge is 0.355 e. The van der Waals surface area contributed by atoms with Crippen LogP contribution in [0.25, 0.3) is 0 Å². The summed E-state index contributed by atoms with van der Waals surface area (Å²) in [5.41, 5.74) is 5.64. The van der Waals surface area contributed by atoms with Gasteiger partial charge in [0.15, 0.2) is 0 Å². The van der Waals surface area contributed by atoms with Gasteiger partial charge < -0.3 is 11.1 Å². The highest BCUT2D eigenvalue weighted by Gasteiger charge is 2.21. The molecule has 118 valence electrons. The lowest BCUT2D eigenvalue weighted by atomic mass is 10.1. The van der Waals surface area contributed by atoms with Crippen LogP contribution < -0.4 is 11.1 Å². The van der Waals surface area contributed by atoms with Gasteiger partial charge in [-0.25, -0.2) is 0 Å². The predicted molar refractivity (Wildman–Crippen MR) is 84.6 cm³/mol. The number of carbonyl (C=O) groups excluding carboxylic acids is 1. The van der Waals surface area contributed by atoms with Gasteiger partial charge in [-0.3, -0.25) is 9.69 Å². The Bertz CT molecular complexity index is 260. The normalized spacial score (nSPS) is 17.4. The monoisotopic (exact) mass is 283 g/mol. The number of nitrogens with one attached hydrogen (secondary N) is 1. The Hall–Kier alpha value is -0.610. The Balaban J connectivity index is 2.46. The summed E-state index contributed by atoms with van der Waals surface area (Å²) in [5.74, 6) is 0.675. The zero-order valence-electron chi connectivity index (χ0n) is 13.4. The molecule has 1 saturated carbocycles. The van der Waals surface area contributed by atoms with Crippen LogP contribution in [0.15, 0.2) is 0 Å². The summed E-state index contributed by atoms with van der Waals surface area (Å²) in [6, 6.07) is 0.578. The van der Waals surface area contributed by atoms with Gasteiger partial charge in [-0.15, -0.1) is 0 Å². The van der Waals surface area contributed by atoms with Crippen LogP contribution in [-0.2, 0) is 4.79 Å². The van der Waals surface area contributed by atoms with E-state index in [1.165, 1.54) is 38.5 Å². The number of nitrogens with two attached hydrogens (primary N) is 1. The van der Waals surface area contributed by atoms with Gasteiger partial charge in [-0.2, -0.15) is 0 Å². The molecule has 0 heterocycles. The first-order valence-corrected chi connectivity index (χ1v) is 8.34. The molecule has 4 nitrogen and oxygen atoms in total. The minimum atomic E-state index is 0.167. The zero-order chi connectivity index (χ0) is 14.8. The van der Waals surface area contributed by atoms with Gasteiger partial charge in [-0.1, -0.05) is 39.5 Å². The molecule has 20 heavy (non-hydrogen) atoms. The van der Waals surface area contributed by atoms with E-state index >= 15 is 0 Å². The van der Waals surface area contributed by atoms with E-state index in [1.54, 1.807) is 0 Å². The smallest absolute Gasteiger partial charge is 0.234 e. The van der Waals surface area contributed by atoms with Crippen molar-refractivity contribution in [3.8, 4) is 0 Å². The summed E-state index contributed by atoms with van der Waals surface area (Å²) in [6.07, 6.45) is 8.76. The average molecular weight is 283 g/mol. The predicted octanol–water partition coefficient (Wildman–Crippen LogP) is 2.13. The molecule has 0 aromatic carbocycles. The first-order chi connectivity index (χ1) is 9.63. The lowest BCUT2D eigenvalue weighted by Gasteiger charge is -2.30. The lowest BCUT2D eigenvalue weighted by molar-refractivity contribution is -0.123. The highest BCUT2D eigenvalue weighted by molar-refractivity contribution is 5.78. The van der Waals surface area contributed by atoms with Crippen LogP contribution in [0.5, 0.6) is 0 Å². The molecule has 0 bridgehead atoms. The molecule has 0 aromatic rings. The summed E-state index contributed by atoms with van der Waals surface area (Å²) < 4.78 is 0. The van der Waals surface area contributed by atoms with E-state index in [-0.39, 0.29) is 5.91 Å². The van der Waals surface area contributed by atoms with Crippen molar-refractivity contribution >= 4 is 5.91 Å². The summed E-state index contributed by atoms with van der Waals surface area (Å²) in [5, 5.41) is 3.03. The van der Waals surface area contributed by atoms with Crippen molar-refractivity contribution in [1.29, 1.82) is 0 Å². The second kappa shape index (κ2) is 10.2. The molecular weight excluding hydrogens is 250 g/mol. The molecule has 0 radical (unpaired) electrons. The third-order valence-electron chi connectivity index (χ3n) is 4.04. The average Bonchev–Trinajstić information content (AvgIpc) is 2.70. The molecule has 1 fully saturated rings. The Morgan fingerprint density at radius 2 is 1.90 bits per heavy atom. The Morgan fingerprint density at radius 3 is 2.45 bits per heavy atom. The maximum absolute atomic E-state index is 12.1. The van der Waals surface area contributed by atoms with Crippen molar-refractivity contribution in [2.75, 3.05) is 26.2 Å². The number of nitrogens with zero attached hydrogens (tertiary/aromatic N) is 1. The van der Waals surface area contributed by atoms with Gasteiger partial charge in [0.25, 0.3) is 0 Å². The van der Waals surface area contributed by atoms with Gasteiger partial charge in [-0.05, 0) is 31.7 Å². The number of hydrogen-bond donors (Lipinski definition) is 2. The lowest BCUT2D eigenvalue weighted by Crippen LogP contribution is -2.44. The topological polar surface area (TPSA) is 58.4 Å². The van der Waals surface area contributed by atoms with E-state index in [0.29, 0.717) is 25.0 Å². The molecule has 0 spiro atoms. The quantitative estimate of drug-likeness (QED) is 0.671. The highest BCUT2D eigenvalue weighted by Crippen LogP contribution is 2.21. The Morgan fingerprint density at radius 1 is 1.25 bits per heavy atom. The van der Waals surface area contributed by atoms with Crippen LogP contribution in [0.3, 0.4) is 0 Å². The van der Waals surface area contributed by atoms with Crippen molar-refractivity contribution in [1.82, 2.24) is 10.2 Å². The summed E-state index contributed by atoms with van der Waals surface area (Å²) in [7, 11) is 0. The maximum atomic E-state index is 12.1. The number of amides is 1. The minimum Gasteiger partial charge on any atom is -0.355 e. The van der Waals surface area contributed by atoms with Gasteiger partial charge in [0, 0.05) is 19.1 Å². The van der Waals surface area contributed by atoms with Crippen molar-refractivity contribution in [2.45, 2.75) is 64.8 Å². The second-order valence-electron chi connectivity index (χ2n) is 6.46. The molecule has 4 heteroatoms. The molecule has 1 rings (SSSR count). The van der Waals surface area contributed by atoms with Crippen LogP contribution in [0.2, 0.25) is 0 Å². The minimum absolute atomic E-state index is 0.167. The van der Waals surface area contributed by atoms with E-state index < -0.39 is 0 Å². The molecule has 0 saturated heterocycles. The molecule has 1 aliphatic rings. The molecular formula is C16H33N3O. The fraction of sp³-hybridized carbons (Fsp3) is 0.938. The van der Waals surface area contributed by atoms with E-state index in [2.05, 4.69) is 24.1 Å². The van der Waals surface area contributed by atoms with Crippen LogP contribution in [0.1, 0.15) is 58.8 Å². The van der Waals surface area contributed by atoms with E-state index in [9.17, 15) is 4.79 Å². The molecule has 1 amide bonds. The van der Waals surface area contributed by atoms with Gasteiger partial charge >= 0.3 is 0 Å². The van der Waals surface area contributed by atoms with Crippen molar-refractivity contribution in [2.24, 2.45) is 11.7 Å². The van der Waals surface area contributed by atoms with Gasteiger partial charge in [0.05, 0.1) is 6.54 Å². The van der Waals surface area contributed by atoms with Crippen molar-refractivity contribution < 1.29 is 4.79 Å². The zero-order valence-corrected chi connectivity index (χ0v) is 13.4. The van der Waals surface area contributed by atoms with Gasteiger partial charge in [0.1, 0.15) is 0 Å². The molecule has 0 atom stereocenters. The third-order valence-corrected chi connectivity index (χ3v) is 4.04. The van der Waals surface area contributed by atoms with Crippen LogP contribution >= 0.6 is 0 Å². The SMILES string of the molecule is CC(C)CNC(=O)CN(CCCN)C1CCCCCC1. The maximum Gasteiger partial charge on any atom is 0.234 e. The van der Waals surface area contributed by atoms with Crippen LogP contribution in [0, 0.1) is 5.92 Å². The number of rotatable bonds is 8.